The molecule has 2 heterocycles. The molecule has 0 radical (unpaired) electrons. The van der Waals surface area contributed by atoms with Crippen LogP contribution in [0.1, 0.15) is 78.5 Å². The standard InChI is InChI=1S/C44H47N3O6/c1-28-21-29(2)40(38(22-28)51-7)43(4,5)25-39(48)47-26-33(35-18-12-13-19-36(35)47)24-44(6,41(49)45-30(3)31-15-9-8-10-16-31)46-42(50)52-27-34-23-32-17-11-14-20-37(32)53-34/h8-23,26,30H,24-25,27H2,1-7H3,(H,45,49)(H,46,50). The Morgan fingerprint density at radius 2 is 1.58 bits per heavy atom. The van der Waals surface area contributed by atoms with Gasteiger partial charge in [-0.1, -0.05) is 86.6 Å². The Morgan fingerprint density at radius 3 is 2.32 bits per heavy atom. The number of benzene rings is 4. The first kappa shape index (κ1) is 36.9. The molecule has 2 amide bonds. The lowest BCUT2D eigenvalue weighted by Gasteiger charge is -2.31. The van der Waals surface area contributed by atoms with Gasteiger partial charge in [0.25, 0.3) is 0 Å². The molecule has 4 aromatic carbocycles. The van der Waals surface area contributed by atoms with Crippen LogP contribution >= 0.6 is 0 Å². The van der Waals surface area contributed by atoms with E-state index in [4.69, 9.17) is 13.9 Å². The van der Waals surface area contributed by atoms with E-state index in [2.05, 4.69) is 16.7 Å². The van der Waals surface area contributed by atoms with E-state index in [1.807, 2.05) is 126 Å². The van der Waals surface area contributed by atoms with Gasteiger partial charge in [0, 0.05) is 40.8 Å². The Kier molecular flexibility index (Phi) is 10.5. The number of carbonyl (C=O) groups is 3. The molecule has 9 nitrogen and oxygen atoms in total. The number of aryl methyl sites for hydroxylation is 2. The number of rotatable bonds is 12. The Labute approximate surface area is 310 Å². The molecule has 6 aromatic rings. The molecule has 0 fully saturated rings. The fourth-order valence-corrected chi connectivity index (χ4v) is 7.36. The molecule has 274 valence electrons. The molecule has 0 bridgehead atoms. The first-order valence-corrected chi connectivity index (χ1v) is 17.8. The van der Waals surface area contributed by atoms with E-state index >= 15 is 0 Å². The predicted octanol–water partition coefficient (Wildman–Crippen LogP) is 9.13. The molecule has 2 atom stereocenters. The van der Waals surface area contributed by atoms with Gasteiger partial charge in [0.05, 0.1) is 18.7 Å². The molecule has 2 N–H and O–H groups in total. The van der Waals surface area contributed by atoms with Crippen LogP contribution in [0.3, 0.4) is 0 Å². The topological polar surface area (TPSA) is 112 Å². The third kappa shape index (κ3) is 7.99. The van der Waals surface area contributed by atoms with Crippen molar-refractivity contribution in [2.45, 2.75) is 78.0 Å². The largest absolute Gasteiger partial charge is 0.496 e. The van der Waals surface area contributed by atoms with Gasteiger partial charge in [0.1, 0.15) is 22.6 Å². The number of fused-ring (bicyclic) bond motifs is 2. The highest BCUT2D eigenvalue weighted by Gasteiger charge is 2.38. The summed E-state index contributed by atoms with van der Waals surface area (Å²) in [6, 6.07) is 30.3. The summed E-state index contributed by atoms with van der Waals surface area (Å²) in [5.41, 5.74) is 4.14. The van der Waals surface area contributed by atoms with Crippen LogP contribution in [0.25, 0.3) is 21.9 Å². The van der Waals surface area contributed by atoms with Crippen LogP contribution in [0.4, 0.5) is 4.79 Å². The molecule has 2 unspecified atom stereocenters. The number of hydrogen-bond acceptors (Lipinski definition) is 6. The molecular formula is C44H47N3O6. The molecule has 0 saturated carbocycles. The molecule has 53 heavy (non-hydrogen) atoms. The summed E-state index contributed by atoms with van der Waals surface area (Å²) in [6.45, 7) is 11.6. The van der Waals surface area contributed by atoms with E-state index in [1.165, 1.54) is 0 Å². The Hall–Kier alpha value is -5.83. The van der Waals surface area contributed by atoms with Gasteiger partial charge in [0.2, 0.25) is 11.8 Å². The van der Waals surface area contributed by atoms with E-state index in [0.29, 0.717) is 16.9 Å². The number of aromatic nitrogens is 1. The molecule has 6 rings (SSSR count). The van der Waals surface area contributed by atoms with E-state index in [0.717, 1.165) is 44.3 Å². The van der Waals surface area contributed by atoms with Crippen molar-refractivity contribution in [2.75, 3.05) is 7.11 Å². The van der Waals surface area contributed by atoms with Crippen LogP contribution in [0.15, 0.2) is 108 Å². The van der Waals surface area contributed by atoms with E-state index < -0.39 is 23.0 Å². The lowest BCUT2D eigenvalue weighted by atomic mass is 9.78. The Morgan fingerprint density at radius 1 is 0.887 bits per heavy atom. The average molecular weight is 714 g/mol. The summed E-state index contributed by atoms with van der Waals surface area (Å²) in [6.07, 6.45) is 1.29. The number of furan rings is 1. The van der Waals surface area contributed by atoms with Crippen LogP contribution < -0.4 is 15.4 Å². The quantitative estimate of drug-likeness (QED) is 0.131. The minimum Gasteiger partial charge on any atom is -0.496 e. The number of methoxy groups -OCH3 is 1. The second-order valence-corrected chi connectivity index (χ2v) is 14.7. The molecule has 0 aliphatic heterocycles. The number of ether oxygens (including phenoxy) is 2. The van der Waals surface area contributed by atoms with Gasteiger partial charge in [-0.3, -0.25) is 14.2 Å². The third-order valence-electron chi connectivity index (χ3n) is 9.89. The number of hydrogen-bond donors (Lipinski definition) is 2. The van der Waals surface area contributed by atoms with Crippen molar-refractivity contribution < 1.29 is 28.3 Å². The van der Waals surface area contributed by atoms with Gasteiger partial charge in [0.15, 0.2) is 6.61 Å². The number of nitrogens with zero attached hydrogens (tertiary/aromatic N) is 1. The predicted molar refractivity (Wildman–Crippen MR) is 207 cm³/mol. The molecule has 9 heteroatoms. The minimum atomic E-state index is -1.47. The molecular weight excluding hydrogens is 666 g/mol. The van der Waals surface area contributed by atoms with Crippen molar-refractivity contribution in [3.63, 3.8) is 0 Å². The highest BCUT2D eigenvalue weighted by Crippen LogP contribution is 2.39. The molecule has 0 aliphatic rings. The van der Waals surface area contributed by atoms with Gasteiger partial charge in [-0.15, -0.1) is 0 Å². The van der Waals surface area contributed by atoms with Crippen molar-refractivity contribution in [3.05, 3.63) is 137 Å². The highest BCUT2D eigenvalue weighted by atomic mass is 16.6. The fourth-order valence-electron chi connectivity index (χ4n) is 7.36. The summed E-state index contributed by atoms with van der Waals surface area (Å²) in [7, 11) is 1.65. The van der Waals surface area contributed by atoms with Crippen LogP contribution in [-0.2, 0) is 28.0 Å². The van der Waals surface area contributed by atoms with Crippen molar-refractivity contribution in [1.29, 1.82) is 0 Å². The summed E-state index contributed by atoms with van der Waals surface area (Å²) in [5.74, 6) is 0.721. The maximum absolute atomic E-state index is 14.2. The smallest absolute Gasteiger partial charge is 0.408 e. The monoisotopic (exact) mass is 713 g/mol. The van der Waals surface area contributed by atoms with Crippen molar-refractivity contribution in [1.82, 2.24) is 15.2 Å². The lowest BCUT2D eigenvalue weighted by Crippen LogP contribution is -2.58. The average Bonchev–Trinajstić information content (AvgIpc) is 3.71. The normalized spacial score (nSPS) is 13.3. The lowest BCUT2D eigenvalue weighted by molar-refractivity contribution is -0.127. The Bertz CT molecular complexity index is 2250. The number of nitrogens with one attached hydrogen (secondary N) is 2. The molecule has 2 aromatic heterocycles. The van der Waals surface area contributed by atoms with Gasteiger partial charge in [-0.05, 0) is 74.2 Å². The zero-order valence-electron chi connectivity index (χ0n) is 31.4. The first-order chi connectivity index (χ1) is 25.3. The van der Waals surface area contributed by atoms with Crippen LogP contribution in [-0.4, -0.2) is 35.1 Å². The SMILES string of the molecule is COc1cc(C)cc(C)c1C(C)(C)CC(=O)n1cc(CC(C)(NC(=O)OCc2cc3ccccc3o2)C(=O)NC(C)c2ccccc2)c2ccccc21. The van der Waals surface area contributed by atoms with Gasteiger partial charge < -0.3 is 24.5 Å². The molecule has 0 spiro atoms. The maximum Gasteiger partial charge on any atom is 0.408 e. The number of carbonyl (C=O) groups excluding carboxylic acids is 3. The second-order valence-electron chi connectivity index (χ2n) is 14.7. The Balaban J connectivity index is 1.29. The van der Waals surface area contributed by atoms with E-state index in [1.54, 1.807) is 24.8 Å². The highest BCUT2D eigenvalue weighted by molar-refractivity contribution is 5.96. The maximum atomic E-state index is 14.2. The number of alkyl carbamates (subject to hydrolysis) is 1. The summed E-state index contributed by atoms with van der Waals surface area (Å²) >= 11 is 0. The molecule has 0 saturated heterocycles. The van der Waals surface area contributed by atoms with Crippen LogP contribution in [0.2, 0.25) is 0 Å². The summed E-state index contributed by atoms with van der Waals surface area (Å²) < 4.78 is 18.9. The first-order valence-electron chi connectivity index (χ1n) is 17.8. The fraction of sp³-hybridized carbons (Fsp3) is 0.295. The van der Waals surface area contributed by atoms with Gasteiger partial charge in [-0.25, -0.2) is 4.79 Å². The van der Waals surface area contributed by atoms with Crippen molar-refractivity contribution >= 4 is 39.8 Å². The summed E-state index contributed by atoms with van der Waals surface area (Å²) in [4.78, 5) is 41.9. The van der Waals surface area contributed by atoms with E-state index in [9.17, 15) is 14.4 Å². The van der Waals surface area contributed by atoms with Crippen LogP contribution in [0, 0.1) is 13.8 Å². The third-order valence-corrected chi connectivity index (χ3v) is 9.89. The van der Waals surface area contributed by atoms with Crippen molar-refractivity contribution in [3.8, 4) is 5.75 Å². The zero-order valence-corrected chi connectivity index (χ0v) is 31.4. The minimum absolute atomic E-state index is 0.0785. The van der Waals surface area contributed by atoms with E-state index in [-0.39, 0.29) is 31.4 Å². The number of para-hydroxylation sites is 2. The van der Waals surface area contributed by atoms with Crippen molar-refractivity contribution in [2.24, 2.45) is 0 Å². The second kappa shape index (κ2) is 15.0. The van der Waals surface area contributed by atoms with Gasteiger partial charge in [-0.2, -0.15) is 0 Å². The zero-order chi connectivity index (χ0) is 37.9. The number of amides is 2. The molecule has 0 aliphatic carbocycles. The van der Waals surface area contributed by atoms with Crippen LogP contribution in [0.5, 0.6) is 5.75 Å². The van der Waals surface area contributed by atoms with Gasteiger partial charge >= 0.3 is 6.09 Å². The summed E-state index contributed by atoms with van der Waals surface area (Å²) in [5, 5.41) is 7.65.